The molecule has 0 unspecified atom stereocenters. The summed E-state index contributed by atoms with van der Waals surface area (Å²) in [7, 11) is -1.19. The summed E-state index contributed by atoms with van der Waals surface area (Å²) in [6.45, 7) is 10.6. The van der Waals surface area contributed by atoms with Crippen molar-refractivity contribution in [3.63, 3.8) is 0 Å². The van der Waals surface area contributed by atoms with E-state index in [1.165, 1.54) is 24.3 Å². The maximum Gasteiger partial charge on any atom is 0.432 e. The molecule has 1 aliphatic carbocycles. The average molecular weight is 523 g/mol. The predicted molar refractivity (Wildman–Crippen MR) is 120 cm³/mol. The first-order valence-electron chi connectivity index (χ1n) is 10.0. The van der Waals surface area contributed by atoms with Gasteiger partial charge in [-0.2, -0.15) is 13.2 Å². The minimum atomic E-state index is -5.00. The molecule has 31 heavy (non-hydrogen) atoms. The summed E-state index contributed by atoms with van der Waals surface area (Å²) in [5, 5.41) is 0.0112. The van der Waals surface area contributed by atoms with Crippen molar-refractivity contribution in [3.05, 3.63) is 48.0 Å². The van der Waals surface area contributed by atoms with Gasteiger partial charge in [0.1, 0.15) is 6.10 Å². The highest BCUT2D eigenvalue weighted by Crippen LogP contribution is 2.44. The SMILES string of the molecule is CO[C@@](C(=O)O[C@@H]1C=C[C@@H](O[Si](C)(C)C(C)(C)C)[C@H](Br)C1)(c1ccccc1)C(F)(F)F. The summed E-state index contributed by atoms with van der Waals surface area (Å²) < 4.78 is 58.6. The number of carbonyl (C=O) groups excluding carboxylic acids is 1. The van der Waals surface area contributed by atoms with Gasteiger partial charge in [0.15, 0.2) is 8.32 Å². The van der Waals surface area contributed by atoms with E-state index in [2.05, 4.69) is 49.8 Å². The van der Waals surface area contributed by atoms with Crippen molar-refractivity contribution in [3.8, 4) is 0 Å². The first kappa shape index (κ1) is 26.1. The van der Waals surface area contributed by atoms with Crippen LogP contribution in [0.15, 0.2) is 42.5 Å². The van der Waals surface area contributed by atoms with Gasteiger partial charge >= 0.3 is 12.1 Å². The van der Waals surface area contributed by atoms with Crippen molar-refractivity contribution in [1.82, 2.24) is 0 Å². The largest absolute Gasteiger partial charge is 0.455 e. The number of rotatable bonds is 6. The lowest BCUT2D eigenvalue weighted by molar-refractivity contribution is -0.277. The van der Waals surface area contributed by atoms with Crippen LogP contribution in [0.1, 0.15) is 32.8 Å². The average Bonchev–Trinajstić information content (AvgIpc) is 2.63. The van der Waals surface area contributed by atoms with Crippen molar-refractivity contribution >= 4 is 30.2 Å². The second-order valence-corrected chi connectivity index (χ2v) is 15.1. The third-order valence-electron chi connectivity index (χ3n) is 6.00. The van der Waals surface area contributed by atoms with Crippen molar-refractivity contribution in [2.24, 2.45) is 0 Å². The van der Waals surface area contributed by atoms with E-state index < -0.39 is 32.2 Å². The van der Waals surface area contributed by atoms with Crippen molar-refractivity contribution in [2.45, 2.75) is 74.1 Å². The molecule has 0 aliphatic heterocycles. The first-order chi connectivity index (χ1) is 14.2. The highest BCUT2D eigenvalue weighted by Gasteiger charge is 2.64. The van der Waals surface area contributed by atoms with Crippen LogP contribution in [0.4, 0.5) is 13.2 Å². The molecule has 174 valence electrons. The molecule has 1 aliphatic rings. The Kier molecular flexibility index (Phi) is 7.89. The Bertz CT molecular complexity index is 792. The van der Waals surface area contributed by atoms with E-state index in [9.17, 15) is 18.0 Å². The fourth-order valence-corrected chi connectivity index (χ4v) is 5.24. The zero-order valence-corrected chi connectivity index (χ0v) is 21.2. The van der Waals surface area contributed by atoms with Crippen LogP contribution < -0.4 is 0 Å². The van der Waals surface area contributed by atoms with Gasteiger partial charge in [0, 0.05) is 23.9 Å². The predicted octanol–water partition coefficient (Wildman–Crippen LogP) is 6.12. The zero-order chi connectivity index (χ0) is 23.7. The molecular weight excluding hydrogens is 493 g/mol. The number of ether oxygens (including phenoxy) is 2. The lowest BCUT2D eigenvalue weighted by atomic mass is 9.92. The Labute approximate surface area is 191 Å². The lowest BCUT2D eigenvalue weighted by Crippen LogP contribution is -2.53. The van der Waals surface area contributed by atoms with E-state index in [0.717, 1.165) is 7.11 Å². The number of hydrogen-bond donors (Lipinski definition) is 0. The van der Waals surface area contributed by atoms with E-state index >= 15 is 0 Å². The molecule has 0 heterocycles. The fourth-order valence-electron chi connectivity index (χ4n) is 3.11. The van der Waals surface area contributed by atoms with E-state index in [1.54, 1.807) is 18.2 Å². The summed E-state index contributed by atoms with van der Waals surface area (Å²) >= 11 is 3.56. The highest BCUT2D eigenvalue weighted by atomic mass is 79.9. The minimum Gasteiger partial charge on any atom is -0.455 e. The molecule has 0 N–H and O–H groups in total. The standard InChI is InChI=1S/C22H30BrF3O4Si/c1-20(2,3)31(5,6)30-18-13-12-16(14-17(18)23)29-19(27)21(28-4,22(24,25)26)15-10-8-7-9-11-15/h7-13,16-18H,14H2,1-6H3/t16-,17-,18-,21-/m1/s1. The van der Waals surface area contributed by atoms with Crippen LogP contribution in [0.2, 0.25) is 18.1 Å². The summed E-state index contributed by atoms with van der Waals surface area (Å²) in [5.74, 6) is -1.49. The first-order valence-corrected chi connectivity index (χ1v) is 13.9. The molecule has 0 aromatic heterocycles. The second-order valence-electron chi connectivity index (χ2n) is 9.17. The van der Waals surface area contributed by atoms with Crippen LogP contribution in [0.5, 0.6) is 0 Å². The Morgan fingerprint density at radius 3 is 2.13 bits per heavy atom. The molecular formula is C22H30BrF3O4Si. The quantitative estimate of drug-likeness (QED) is 0.195. The van der Waals surface area contributed by atoms with Gasteiger partial charge in [0.25, 0.3) is 5.60 Å². The summed E-state index contributed by atoms with van der Waals surface area (Å²) in [4.78, 5) is 12.6. The summed E-state index contributed by atoms with van der Waals surface area (Å²) in [6.07, 6.45) is -2.45. The number of carbonyl (C=O) groups is 1. The maximum absolute atomic E-state index is 14.0. The smallest absolute Gasteiger partial charge is 0.432 e. The number of esters is 1. The van der Waals surface area contributed by atoms with E-state index in [-0.39, 0.29) is 28.0 Å². The van der Waals surface area contributed by atoms with Gasteiger partial charge < -0.3 is 13.9 Å². The van der Waals surface area contributed by atoms with Gasteiger partial charge in [-0.25, -0.2) is 4.79 Å². The van der Waals surface area contributed by atoms with Gasteiger partial charge in [-0.1, -0.05) is 73.1 Å². The van der Waals surface area contributed by atoms with Crippen molar-refractivity contribution in [1.29, 1.82) is 0 Å². The summed E-state index contributed by atoms with van der Waals surface area (Å²) in [6, 6.07) is 6.80. The molecule has 4 nitrogen and oxygen atoms in total. The molecule has 1 aromatic carbocycles. The molecule has 0 saturated heterocycles. The molecule has 0 amide bonds. The van der Waals surface area contributed by atoms with Crippen molar-refractivity contribution in [2.75, 3.05) is 7.11 Å². The molecule has 0 fully saturated rings. The number of benzene rings is 1. The van der Waals surface area contributed by atoms with Crippen LogP contribution in [0, 0.1) is 0 Å². The minimum absolute atomic E-state index is 0.0112. The monoisotopic (exact) mass is 522 g/mol. The molecule has 1 aromatic rings. The maximum atomic E-state index is 14.0. The van der Waals surface area contributed by atoms with Gasteiger partial charge in [-0.05, 0) is 24.2 Å². The highest BCUT2D eigenvalue weighted by molar-refractivity contribution is 9.09. The lowest BCUT2D eigenvalue weighted by Gasteiger charge is -2.41. The Morgan fingerprint density at radius 2 is 1.68 bits per heavy atom. The Balaban J connectivity index is 2.23. The van der Waals surface area contributed by atoms with Crippen LogP contribution in [-0.4, -0.2) is 44.6 Å². The van der Waals surface area contributed by atoms with Crippen LogP contribution in [0.25, 0.3) is 0 Å². The molecule has 4 atom stereocenters. The van der Waals surface area contributed by atoms with Gasteiger partial charge in [0.2, 0.25) is 0 Å². The van der Waals surface area contributed by atoms with Gasteiger partial charge in [-0.3, -0.25) is 0 Å². The number of alkyl halides is 4. The molecule has 0 radical (unpaired) electrons. The van der Waals surface area contributed by atoms with E-state index in [1.807, 2.05) is 0 Å². The second kappa shape index (κ2) is 9.37. The normalized spacial score (nSPS) is 24.5. The van der Waals surface area contributed by atoms with Crippen LogP contribution >= 0.6 is 15.9 Å². The Morgan fingerprint density at radius 1 is 1.10 bits per heavy atom. The number of hydrogen-bond acceptors (Lipinski definition) is 4. The fraction of sp³-hybridized carbons (Fsp3) is 0.591. The van der Waals surface area contributed by atoms with E-state index in [0.29, 0.717) is 0 Å². The molecule has 0 saturated carbocycles. The van der Waals surface area contributed by atoms with Crippen LogP contribution in [-0.2, 0) is 24.3 Å². The topological polar surface area (TPSA) is 44.8 Å². The third-order valence-corrected chi connectivity index (χ3v) is 11.4. The summed E-state index contributed by atoms with van der Waals surface area (Å²) in [5.41, 5.74) is -3.53. The third kappa shape index (κ3) is 5.43. The molecule has 2 rings (SSSR count). The van der Waals surface area contributed by atoms with Crippen LogP contribution in [0.3, 0.4) is 0 Å². The molecule has 0 spiro atoms. The van der Waals surface area contributed by atoms with Crippen molar-refractivity contribution < 1.29 is 31.9 Å². The van der Waals surface area contributed by atoms with Gasteiger partial charge in [-0.15, -0.1) is 0 Å². The molecule has 9 heteroatoms. The number of methoxy groups -OCH3 is 1. The number of halogens is 4. The van der Waals surface area contributed by atoms with E-state index in [4.69, 9.17) is 13.9 Å². The molecule has 0 bridgehead atoms. The zero-order valence-electron chi connectivity index (χ0n) is 18.6. The Hall–Kier alpha value is -1.16. The van der Waals surface area contributed by atoms with Gasteiger partial charge in [0.05, 0.1) is 6.10 Å².